The normalized spacial score (nSPS) is 11.3. The Balaban J connectivity index is 1.84. The van der Waals surface area contributed by atoms with Gasteiger partial charge in [-0.1, -0.05) is 0 Å². The number of nitrogens with one attached hydrogen (secondary N) is 2. The number of rotatable bonds is 10. The lowest BCUT2D eigenvalue weighted by Gasteiger charge is -2.13. The first kappa shape index (κ1) is 20.6. The van der Waals surface area contributed by atoms with E-state index in [2.05, 4.69) is 32.1 Å². The van der Waals surface area contributed by atoms with Crippen molar-refractivity contribution in [3.63, 3.8) is 0 Å². The third-order valence-electron chi connectivity index (χ3n) is 4.29. The monoisotopic (exact) mass is 373 g/mol. The Labute approximate surface area is 161 Å². The van der Waals surface area contributed by atoms with Crippen LogP contribution in [0.5, 0.6) is 11.5 Å². The van der Waals surface area contributed by atoms with E-state index in [1.54, 1.807) is 14.2 Å². The van der Waals surface area contributed by atoms with Gasteiger partial charge in [0.25, 0.3) is 0 Å². The van der Waals surface area contributed by atoms with Gasteiger partial charge in [0.15, 0.2) is 5.96 Å². The summed E-state index contributed by atoms with van der Waals surface area (Å²) in [5.41, 5.74) is 1.02. The lowest BCUT2D eigenvalue weighted by Crippen LogP contribution is -2.37. The van der Waals surface area contributed by atoms with E-state index < -0.39 is 0 Å². The van der Waals surface area contributed by atoms with Crippen LogP contribution in [0.2, 0.25) is 0 Å². The molecule has 27 heavy (non-hydrogen) atoms. The number of ether oxygens (including phenoxy) is 2. The summed E-state index contributed by atoms with van der Waals surface area (Å²) < 4.78 is 12.9. The summed E-state index contributed by atoms with van der Waals surface area (Å²) in [6, 6.07) is 5.79. The first-order chi connectivity index (χ1) is 13.2. The number of hydrogen-bond donors (Lipinski definition) is 2. The van der Waals surface area contributed by atoms with Crippen molar-refractivity contribution in [2.75, 3.05) is 27.3 Å². The smallest absolute Gasteiger partial charge is 0.191 e. The Hall–Kier alpha value is -2.70. The molecule has 0 spiro atoms. The Morgan fingerprint density at radius 1 is 1.19 bits per heavy atom. The number of imidazole rings is 1. The molecule has 0 saturated heterocycles. The predicted molar refractivity (Wildman–Crippen MR) is 109 cm³/mol. The maximum atomic E-state index is 5.44. The van der Waals surface area contributed by atoms with Gasteiger partial charge in [0.05, 0.1) is 20.8 Å². The zero-order chi connectivity index (χ0) is 19.5. The van der Waals surface area contributed by atoms with Gasteiger partial charge in [0.1, 0.15) is 17.3 Å². The van der Waals surface area contributed by atoms with Crippen LogP contribution in [0.25, 0.3) is 0 Å². The fraction of sp³-hybridized carbons (Fsp3) is 0.500. The molecule has 1 aromatic carbocycles. The molecule has 0 radical (unpaired) electrons. The summed E-state index contributed by atoms with van der Waals surface area (Å²) in [7, 11) is 3.31. The van der Waals surface area contributed by atoms with Crippen LogP contribution in [-0.2, 0) is 13.1 Å². The molecule has 0 aliphatic rings. The summed E-state index contributed by atoms with van der Waals surface area (Å²) in [6.45, 7) is 7.31. The zero-order valence-corrected chi connectivity index (χ0v) is 16.8. The van der Waals surface area contributed by atoms with E-state index in [4.69, 9.17) is 9.47 Å². The summed E-state index contributed by atoms with van der Waals surface area (Å²) in [6.07, 6.45) is 6.03. The van der Waals surface area contributed by atoms with Crippen molar-refractivity contribution in [3.8, 4) is 11.5 Å². The number of unbranched alkanes of at least 4 members (excludes halogenated alkanes) is 1. The number of aliphatic imine (C=N–C) groups is 1. The molecule has 7 nitrogen and oxygen atoms in total. The van der Waals surface area contributed by atoms with E-state index in [-0.39, 0.29) is 0 Å². The molecule has 1 heterocycles. The van der Waals surface area contributed by atoms with E-state index in [9.17, 15) is 0 Å². The minimum atomic E-state index is 0.538. The fourth-order valence-corrected chi connectivity index (χ4v) is 2.74. The lowest BCUT2D eigenvalue weighted by molar-refractivity contribution is 0.391. The molecule has 148 valence electrons. The SMILES string of the molecule is CCNC(=NCc1ccc(OC)cc1OC)NCCCCn1ccnc1C. The maximum absolute atomic E-state index is 5.44. The van der Waals surface area contributed by atoms with E-state index in [0.29, 0.717) is 6.54 Å². The molecule has 0 aliphatic carbocycles. The summed E-state index contributed by atoms with van der Waals surface area (Å²) in [4.78, 5) is 8.91. The van der Waals surface area contributed by atoms with Crippen molar-refractivity contribution in [1.82, 2.24) is 20.2 Å². The standard InChI is InChI=1S/C20H31N5O2/c1-5-21-20(23-10-6-7-12-25-13-11-22-16(25)2)24-15-17-8-9-18(26-3)14-19(17)27-4/h8-9,11,13-14H,5-7,10,12,15H2,1-4H3,(H2,21,23,24). The van der Waals surface area contributed by atoms with Crippen molar-refractivity contribution in [2.45, 2.75) is 39.8 Å². The molecule has 0 unspecified atom stereocenters. The van der Waals surface area contributed by atoms with Crippen molar-refractivity contribution in [1.29, 1.82) is 0 Å². The average molecular weight is 374 g/mol. The van der Waals surface area contributed by atoms with Crippen LogP contribution in [0.4, 0.5) is 0 Å². The predicted octanol–water partition coefficient (Wildman–Crippen LogP) is 2.74. The van der Waals surface area contributed by atoms with Gasteiger partial charge >= 0.3 is 0 Å². The maximum Gasteiger partial charge on any atom is 0.191 e. The molecule has 0 fully saturated rings. The second-order valence-corrected chi connectivity index (χ2v) is 6.17. The first-order valence-electron chi connectivity index (χ1n) is 9.38. The van der Waals surface area contributed by atoms with Gasteiger partial charge in [0.2, 0.25) is 0 Å². The minimum absolute atomic E-state index is 0.538. The molecular formula is C20H31N5O2. The van der Waals surface area contributed by atoms with Crippen LogP contribution in [-0.4, -0.2) is 42.8 Å². The second kappa shape index (κ2) is 11.1. The Kier molecular flexibility index (Phi) is 8.48. The first-order valence-corrected chi connectivity index (χ1v) is 9.38. The highest BCUT2D eigenvalue weighted by molar-refractivity contribution is 5.79. The zero-order valence-electron chi connectivity index (χ0n) is 16.8. The van der Waals surface area contributed by atoms with Gasteiger partial charge in [-0.3, -0.25) is 0 Å². The van der Waals surface area contributed by atoms with Crippen molar-refractivity contribution < 1.29 is 9.47 Å². The van der Waals surface area contributed by atoms with E-state index in [1.165, 1.54) is 0 Å². The highest BCUT2D eigenvalue weighted by Crippen LogP contribution is 2.25. The molecule has 0 amide bonds. The molecule has 0 bridgehead atoms. The molecule has 2 N–H and O–H groups in total. The number of hydrogen-bond acceptors (Lipinski definition) is 4. The summed E-state index contributed by atoms with van der Waals surface area (Å²) in [5.74, 6) is 3.43. The van der Waals surface area contributed by atoms with Crippen LogP contribution < -0.4 is 20.1 Å². The van der Waals surface area contributed by atoms with Crippen LogP contribution in [0, 0.1) is 6.92 Å². The van der Waals surface area contributed by atoms with Crippen molar-refractivity contribution >= 4 is 5.96 Å². The molecular weight excluding hydrogens is 342 g/mol. The number of aryl methyl sites for hydroxylation is 2. The van der Waals surface area contributed by atoms with Crippen molar-refractivity contribution in [2.24, 2.45) is 4.99 Å². The van der Waals surface area contributed by atoms with Gasteiger partial charge in [-0.25, -0.2) is 9.98 Å². The molecule has 0 aliphatic heterocycles. The summed E-state index contributed by atoms with van der Waals surface area (Å²) in [5, 5.41) is 6.68. The fourth-order valence-electron chi connectivity index (χ4n) is 2.74. The van der Waals surface area contributed by atoms with Gasteiger partial charge in [-0.2, -0.15) is 0 Å². The van der Waals surface area contributed by atoms with Crippen LogP contribution in [0.15, 0.2) is 35.6 Å². The number of guanidine groups is 1. The van der Waals surface area contributed by atoms with E-state index in [1.807, 2.05) is 37.5 Å². The number of methoxy groups -OCH3 is 2. The molecule has 7 heteroatoms. The quantitative estimate of drug-likeness (QED) is 0.381. The number of nitrogens with zero attached hydrogens (tertiary/aromatic N) is 3. The van der Waals surface area contributed by atoms with Gasteiger partial charge in [-0.15, -0.1) is 0 Å². The van der Waals surface area contributed by atoms with Crippen LogP contribution >= 0.6 is 0 Å². The molecule has 2 aromatic rings. The third-order valence-corrected chi connectivity index (χ3v) is 4.29. The highest BCUT2D eigenvalue weighted by Gasteiger charge is 2.05. The number of aromatic nitrogens is 2. The van der Waals surface area contributed by atoms with Crippen LogP contribution in [0.1, 0.15) is 31.2 Å². The van der Waals surface area contributed by atoms with Crippen molar-refractivity contribution in [3.05, 3.63) is 42.0 Å². The minimum Gasteiger partial charge on any atom is -0.497 e. The van der Waals surface area contributed by atoms with E-state index in [0.717, 1.165) is 61.3 Å². The van der Waals surface area contributed by atoms with Crippen LogP contribution in [0.3, 0.4) is 0 Å². The Bertz CT molecular complexity index is 727. The molecule has 0 saturated carbocycles. The van der Waals surface area contributed by atoms with E-state index >= 15 is 0 Å². The van der Waals surface area contributed by atoms with Gasteiger partial charge in [-0.05, 0) is 38.8 Å². The lowest BCUT2D eigenvalue weighted by atomic mass is 10.2. The number of benzene rings is 1. The average Bonchev–Trinajstić information content (AvgIpc) is 3.10. The van der Waals surface area contributed by atoms with Gasteiger partial charge < -0.3 is 24.7 Å². The second-order valence-electron chi connectivity index (χ2n) is 6.17. The van der Waals surface area contributed by atoms with Gasteiger partial charge in [0, 0.05) is 43.7 Å². The molecule has 1 aromatic heterocycles. The highest BCUT2D eigenvalue weighted by atomic mass is 16.5. The molecule has 0 atom stereocenters. The topological polar surface area (TPSA) is 72.7 Å². The largest absolute Gasteiger partial charge is 0.497 e. The molecule has 2 rings (SSSR count). The Morgan fingerprint density at radius 2 is 2.04 bits per heavy atom. The summed E-state index contributed by atoms with van der Waals surface area (Å²) >= 11 is 0. The Morgan fingerprint density at radius 3 is 2.70 bits per heavy atom. The third kappa shape index (κ3) is 6.51.